The summed E-state index contributed by atoms with van der Waals surface area (Å²) in [4.78, 5) is 0. The minimum absolute atomic E-state index is 0.461. The van der Waals surface area contributed by atoms with E-state index in [-0.39, 0.29) is 0 Å². The lowest BCUT2D eigenvalue weighted by atomic mass is 9.92. The molecule has 1 aliphatic carbocycles. The van der Waals surface area contributed by atoms with Crippen molar-refractivity contribution in [3.05, 3.63) is 0 Å². The molecule has 0 amide bonds. The Hall–Kier alpha value is -0.120. The summed E-state index contributed by atoms with van der Waals surface area (Å²) < 4.78 is 5.81. The van der Waals surface area contributed by atoms with Crippen LogP contribution in [-0.2, 0) is 4.74 Å². The maximum atomic E-state index is 5.81. The number of ether oxygens (including phenoxy) is 1. The van der Waals surface area contributed by atoms with Crippen LogP contribution < -0.4 is 10.6 Å². The molecule has 2 N–H and O–H groups in total. The standard InChI is InChI=1S/C15H28N2O/c1-11(15-8-4-10-18-15)17-14-6-2-5-12(14)13-7-3-9-16-13/h11-17H,2-10H2,1H3. The molecule has 104 valence electrons. The van der Waals surface area contributed by atoms with Gasteiger partial charge in [0.1, 0.15) is 0 Å². The maximum absolute atomic E-state index is 5.81. The molecule has 3 aliphatic rings. The monoisotopic (exact) mass is 252 g/mol. The molecule has 3 heteroatoms. The Balaban J connectivity index is 1.53. The molecule has 0 aromatic carbocycles. The lowest BCUT2D eigenvalue weighted by Crippen LogP contribution is -2.48. The quantitative estimate of drug-likeness (QED) is 0.803. The summed E-state index contributed by atoms with van der Waals surface area (Å²) >= 11 is 0. The molecule has 2 heterocycles. The SMILES string of the molecule is CC(NC1CCCC1C1CCCN1)C1CCCO1. The molecule has 0 bridgehead atoms. The van der Waals surface area contributed by atoms with E-state index in [0.29, 0.717) is 12.1 Å². The molecule has 3 nitrogen and oxygen atoms in total. The fourth-order valence-corrected chi connectivity index (χ4v) is 4.20. The Morgan fingerprint density at radius 2 is 2.06 bits per heavy atom. The van der Waals surface area contributed by atoms with E-state index in [1.807, 2.05) is 0 Å². The van der Waals surface area contributed by atoms with Gasteiger partial charge < -0.3 is 15.4 Å². The third-order valence-corrected chi connectivity index (χ3v) is 5.18. The third kappa shape index (κ3) is 2.73. The number of hydrogen-bond donors (Lipinski definition) is 2. The lowest BCUT2D eigenvalue weighted by Gasteiger charge is -2.31. The summed E-state index contributed by atoms with van der Waals surface area (Å²) in [6.45, 7) is 4.51. The van der Waals surface area contributed by atoms with Crippen LogP contribution in [0.25, 0.3) is 0 Å². The van der Waals surface area contributed by atoms with Gasteiger partial charge in [0.05, 0.1) is 6.10 Å². The van der Waals surface area contributed by atoms with Crippen LogP contribution >= 0.6 is 0 Å². The van der Waals surface area contributed by atoms with Gasteiger partial charge in [-0.15, -0.1) is 0 Å². The average molecular weight is 252 g/mol. The summed E-state index contributed by atoms with van der Waals surface area (Å²) in [5.74, 6) is 0.858. The van der Waals surface area contributed by atoms with Crippen LogP contribution in [0.2, 0.25) is 0 Å². The third-order valence-electron chi connectivity index (χ3n) is 5.18. The minimum atomic E-state index is 0.461. The van der Waals surface area contributed by atoms with Crippen LogP contribution in [-0.4, -0.2) is 37.4 Å². The van der Waals surface area contributed by atoms with Crippen molar-refractivity contribution in [3.63, 3.8) is 0 Å². The van der Waals surface area contributed by atoms with Gasteiger partial charge in [-0.25, -0.2) is 0 Å². The molecule has 2 aliphatic heterocycles. The van der Waals surface area contributed by atoms with Crippen LogP contribution in [0.4, 0.5) is 0 Å². The van der Waals surface area contributed by atoms with Gasteiger partial charge >= 0.3 is 0 Å². The van der Waals surface area contributed by atoms with Crippen LogP contribution in [0.1, 0.15) is 51.9 Å². The van der Waals surface area contributed by atoms with Crippen molar-refractivity contribution in [1.82, 2.24) is 10.6 Å². The molecule has 0 aromatic heterocycles. The molecule has 18 heavy (non-hydrogen) atoms. The fourth-order valence-electron chi connectivity index (χ4n) is 4.20. The summed E-state index contributed by atoms with van der Waals surface area (Å²) in [6.07, 6.45) is 9.88. The first-order valence-electron chi connectivity index (χ1n) is 7.95. The summed E-state index contributed by atoms with van der Waals surface area (Å²) in [5, 5.41) is 7.58. The molecule has 3 rings (SSSR count). The van der Waals surface area contributed by atoms with E-state index in [0.717, 1.165) is 24.6 Å². The first-order chi connectivity index (χ1) is 8.84. The Morgan fingerprint density at radius 1 is 1.11 bits per heavy atom. The van der Waals surface area contributed by atoms with Gasteiger partial charge in [0, 0.05) is 24.7 Å². The van der Waals surface area contributed by atoms with Crippen molar-refractivity contribution >= 4 is 0 Å². The highest BCUT2D eigenvalue weighted by atomic mass is 16.5. The highest BCUT2D eigenvalue weighted by Crippen LogP contribution is 2.32. The van der Waals surface area contributed by atoms with Crippen molar-refractivity contribution < 1.29 is 4.74 Å². The van der Waals surface area contributed by atoms with E-state index in [4.69, 9.17) is 4.74 Å². The van der Waals surface area contributed by atoms with Gasteiger partial charge in [0.15, 0.2) is 0 Å². The van der Waals surface area contributed by atoms with Crippen LogP contribution in [0.15, 0.2) is 0 Å². The van der Waals surface area contributed by atoms with Crippen molar-refractivity contribution in [1.29, 1.82) is 0 Å². The second-order valence-corrected chi connectivity index (χ2v) is 6.41. The predicted octanol–water partition coefficient (Wildman–Crippen LogP) is 2.06. The van der Waals surface area contributed by atoms with E-state index in [2.05, 4.69) is 17.6 Å². The van der Waals surface area contributed by atoms with E-state index in [1.54, 1.807) is 0 Å². The zero-order valence-corrected chi connectivity index (χ0v) is 11.7. The fraction of sp³-hybridized carbons (Fsp3) is 1.00. The average Bonchev–Trinajstić information content (AvgIpc) is 3.11. The van der Waals surface area contributed by atoms with Crippen molar-refractivity contribution in [2.75, 3.05) is 13.2 Å². The topological polar surface area (TPSA) is 33.3 Å². The Labute approximate surface area is 111 Å². The second kappa shape index (κ2) is 5.89. The molecule has 2 saturated heterocycles. The molecule has 5 unspecified atom stereocenters. The van der Waals surface area contributed by atoms with Gasteiger partial charge in [-0.2, -0.15) is 0 Å². The molecule has 3 fully saturated rings. The molecule has 1 saturated carbocycles. The predicted molar refractivity (Wildman–Crippen MR) is 73.7 cm³/mol. The normalized spacial score (nSPS) is 42.5. The van der Waals surface area contributed by atoms with E-state index >= 15 is 0 Å². The van der Waals surface area contributed by atoms with Gasteiger partial charge in [0.25, 0.3) is 0 Å². The molecule has 0 radical (unpaired) electrons. The Kier molecular flexibility index (Phi) is 4.22. The van der Waals surface area contributed by atoms with Crippen molar-refractivity contribution in [2.24, 2.45) is 5.92 Å². The summed E-state index contributed by atoms with van der Waals surface area (Å²) in [5.41, 5.74) is 0. The van der Waals surface area contributed by atoms with Crippen LogP contribution in [0.5, 0.6) is 0 Å². The smallest absolute Gasteiger partial charge is 0.0726 e. The highest BCUT2D eigenvalue weighted by Gasteiger charge is 2.36. The van der Waals surface area contributed by atoms with Crippen molar-refractivity contribution in [3.8, 4) is 0 Å². The minimum Gasteiger partial charge on any atom is -0.377 e. The second-order valence-electron chi connectivity index (χ2n) is 6.41. The maximum Gasteiger partial charge on any atom is 0.0726 e. The number of nitrogens with one attached hydrogen (secondary N) is 2. The highest BCUT2D eigenvalue weighted by molar-refractivity contribution is 4.95. The molecular formula is C15H28N2O. The van der Waals surface area contributed by atoms with Gasteiger partial charge in [-0.3, -0.25) is 0 Å². The summed E-state index contributed by atoms with van der Waals surface area (Å²) in [7, 11) is 0. The number of hydrogen-bond acceptors (Lipinski definition) is 3. The van der Waals surface area contributed by atoms with E-state index in [9.17, 15) is 0 Å². The van der Waals surface area contributed by atoms with Gasteiger partial charge in [-0.05, 0) is 57.9 Å². The van der Waals surface area contributed by atoms with Gasteiger partial charge in [0.2, 0.25) is 0 Å². The largest absolute Gasteiger partial charge is 0.377 e. The van der Waals surface area contributed by atoms with E-state index in [1.165, 1.54) is 51.5 Å². The Morgan fingerprint density at radius 3 is 2.78 bits per heavy atom. The van der Waals surface area contributed by atoms with Crippen LogP contribution in [0.3, 0.4) is 0 Å². The first-order valence-corrected chi connectivity index (χ1v) is 7.95. The zero-order valence-electron chi connectivity index (χ0n) is 11.7. The van der Waals surface area contributed by atoms with Crippen LogP contribution in [0, 0.1) is 5.92 Å². The molecule has 0 aromatic rings. The lowest BCUT2D eigenvalue weighted by molar-refractivity contribution is 0.0765. The van der Waals surface area contributed by atoms with Gasteiger partial charge in [-0.1, -0.05) is 6.42 Å². The molecule has 5 atom stereocenters. The van der Waals surface area contributed by atoms with Crippen molar-refractivity contribution in [2.45, 2.75) is 76.1 Å². The number of rotatable bonds is 4. The zero-order chi connectivity index (χ0) is 12.4. The Bertz CT molecular complexity index is 259. The molecular weight excluding hydrogens is 224 g/mol. The first kappa shape index (κ1) is 12.9. The summed E-state index contributed by atoms with van der Waals surface area (Å²) in [6, 6.07) is 2.03. The molecule has 0 spiro atoms. The van der Waals surface area contributed by atoms with E-state index < -0.39 is 0 Å².